The average Bonchev–Trinajstić information content (AvgIpc) is 2.53. The summed E-state index contributed by atoms with van der Waals surface area (Å²) in [6, 6.07) is 7.76. The zero-order valence-electron chi connectivity index (χ0n) is 15.5. The summed E-state index contributed by atoms with van der Waals surface area (Å²) in [4.78, 5) is 23.9. The van der Waals surface area contributed by atoms with Crippen molar-refractivity contribution in [1.82, 2.24) is 9.97 Å². The van der Waals surface area contributed by atoms with Crippen LogP contribution in [0.25, 0.3) is 0 Å². The van der Waals surface area contributed by atoms with E-state index in [2.05, 4.69) is 33.2 Å². The highest BCUT2D eigenvalue weighted by Crippen LogP contribution is 2.21. The van der Waals surface area contributed by atoms with Crippen LogP contribution in [-0.4, -0.2) is 29.0 Å². The Balaban J connectivity index is 1.82. The number of aromatic nitrogens is 2. The van der Waals surface area contributed by atoms with Crippen LogP contribution in [0.5, 0.6) is 0 Å². The number of carbonyl (C=O) groups excluding carboxylic acids is 1. The van der Waals surface area contributed by atoms with Gasteiger partial charge in [0, 0.05) is 24.5 Å². The van der Waals surface area contributed by atoms with Gasteiger partial charge in [-0.2, -0.15) is 0 Å². The molecule has 5 heteroatoms. The van der Waals surface area contributed by atoms with E-state index in [0.717, 1.165) is 42.0 Å². The first kappa shape index (κ1) is 17.4. The maximum absolute atomic E-state index is 12.7. The SMILES string of the molecule is Cc1cc(C)cc(NC(=O)c2cc(C)nc(N3CCCC(C)C3)n2)c1. The van der Waals surface area contributed by atoms with Crippen molar-refractivity contribution >= 4 is 17.5 Å². The molecule has 132 valence electrons. The van der Waals surface area contributed by atoms with Gasteiger partial charge in [-0.25, -0.2) is 9.97 Å². The number of benzene rings is 1. The van der Waals surface area contributed by atoms with E-state index < -0.39 is 0 Å². The van der Waals surface area contributed by atoms with Crippen LogP contribution >= 0.6 is 0 Å². The number of hydrogen-bond donors (Lipinski definition) is 1. The van der Waals surface area contributed by atoms with Crippen LogP contribution in [0, 0.1) is 26.7 Å². The molecule has 5 nitrogen and oxygen atoms in total. The molecule has 0 aliphatic carbocycles. The van der Waals surface area contributed by atoms with E-state index in [0.29, 0.717) is 17.6 Å². The first-order valence-electron chi connectivity index (χ1n) is 8.91. The topological polar surface area (TPSA) is 58.1 Å². The Bertz CT molecular complexity index is 767. The molecule has 2 heterocycles. The number of aryl methyl sites for hydroxylation is 3. The lowest BCUT2D eigenvalue weighted by Crippen LogP contribution is -2.36. The minimum absolute atomic E-state index is 0.193. The molecule has 0 radical (unpaired) electrons. The number of nitrogens with one attached hydrogen (secondary N) is 1. The van der Waals surface area contributed by atoms with Gasteiger partial charge in [0.1, 0.15) is 5.69 Å². The van der Waals surface area contributed by atoms with Crippen molar-refractivity contribution in [2.75, 3.05) is 23.3 Å². The van der Waals surface area contributed by atoms with Gasteiger partial charge < -0.3 is 10.2 Å². The first-order valence-corrected chi connectivity index (χ1v) is 8.91. The predicted molar refractivity (Wildman–Crippen MR) is 101 cm³/mol. The average molecular weight is 338 g/mol. The molecule has 1 N–H and O–H groups in total. The van der Waals surface area contributed by atoms with Crippen molar-refractivity contribution < 1.29 is 4.79 Å². The van der Waals surface area contributed by atoms with Crippen molar-refractivity contribution in [2.45, 2.75) is 40.5 Å². The molecule has 1 fully saturated rings. The van der Waals surface area contributed by atoms with E-state index in [4.69, 9.17) is 0 Å². The Morgan fingerprint density at radius 2 is 1.84 bits per heavy atom. The molecule has 1 aromatic carbocycles. The standard InChI is InChI=1S/C20H26N4O/c1-13-6-5-7-24(12-13)20-21-16(4)11-18(23-20)19(25)22-17-9-14(2)8-15(3)10-17/h8-11,13H,5-7,12H2,1-4H3,(H,22,25). The van der Waals surface area contributed by atoms with E-state index in [-0.39, 0.29) is 5.91 Å². The van der Waals surface area contributed by atoms with Crippen LogP contribution < -0.4 is 10.2 Å². The maximum atomic E-state index is 12.7. The van der Waals surface area contributed by atoms with Gasteiger partial charge in [-0.3, -0.25) is 4.79 Å². The minimum atomic E-state index is -0.193. The second kappa shape index (κ2) is 7.21. The molecule has 1 unspecified atom stereocenters. The van der Waals surface area contributed by atoms with E-state index in [1.54, 1.807) is 6.07 Å². The Morgan fingerprint density at radius 1 is 1.12 bits per heavy atom. The molecule has 0 bridgehead atoms. The number of hydrogen-bond acceptors (Lipinski definition) is 4. The van der Waals surface area contributed by atoms with Gasteiger partial charge >= 0.3 is 0 Å². The van der Waals surface area contributed by atoms with Crippen LogP contribution in [0.2, 0.25) is 0 Å². The van der Waals surface area contributed by atoms with Gasteiger partial charge in [0.25, 0.3) is 5.91 Å². The molecule has 3 rings (SSSR count). The molecular weight excluding hydrogens is 312 g/mol. The lowest BCUT2D eigenvalue weighted by Gasteiger charge is -2.31. The molecule has 1 saturated heterocycles. The second-order valence-electron chi connectivity index (χ2n) is 7.22. The molecule has 1 atom stereocenters. The van der Waals surface area contributed by atoms with Crippen molar-refractivity contribution in [3.63, 3.8) is 0 Å². The van der Waals surface area contributed by atoms with Crippen molar-refractivity contribution in [3.8, 4) is 0 Å². The maximum Gasteiger partial charge on any atom is 0.274 e. The molecule has 1 aromatic heterocycles. The highest BCUT2D eigenvalue weighted by Gasteiger charge is 2.20. The fourth-order valence-electron chi connectivity index (χ4n) is 3.42. The van der Waals surface area contributed by atoms with Gasteiger partial charge in [0.2, 0.25) is 5.95 Å². The summed E-state index contributed by atoms with van der Waals surface area (Å²) >= 11 is 0. The molecule has 1 aliphatic heterocycles. The fraction of sp³-hybridized carbons (Fsp3) is 0.450. The summed E-state index contributed by atoms with van der Waals surface area (Å²) in [5.41, 5.74) is 4.27. The van der Waals surface area contributed by atoms with E-state index in [1.807, 2.05) is 32.9 Å². The Hall–Kier alpha value is -2.43. The Kier molecular flexibility index (Phi) is 5.02. The van der Waals surface area contributed by atoms with Crippen LogP contribution in [0.4, 0.5) is 11.6 Å². The monoisotopic (exact) mass is 338 g/mol. The van der Waals surface area contributed by atoms with E-state index in [9.17, 15) is 4.79 Å². The first-order chi connectivity index (χ1) is 11.9. The van der Waals surface area contributed by atoms with Gasteiger partial charge in [-0.1, -0.05) is 13.0 Å². The molecule has 0 spiro atoms. The van der Waals surface area contributed by atoms with E-state index >= 15 is 0 Å². The Morgan fingerprint density at radius 3 is 2.52 bits per heavy atom. The third-order valence-corrected chi connectivity index (χ3v) is 4.49. The van der Waals surface area contributed by atoms with E-state index in [1.165, 1.54) is 6.42 Å². The summed E-state index contributed by atoms with van der Waals surface area (Å²) in [7, 11) is 0. The lowest BCUT2D eigenvalue weighted by atomic mass is 10.0. The smallest absolute Gasteiger partial charge is 0.274 e. The highest BCUT2D eigenvalue weighted by atomic mass is 16.1. The quantitative estimate of drug-likeness (QED) is 0.922. The summed E-state index contributed by atoms with van der Waals surface area (Å²) < 4.78 is 0. The summed E-state index contributed by atoms with van der Waals surface area (Å²) in [5.74, 6) is 1.10. The number of amides is 1. The van der Waals surface area contributed by atoms with Crippen molar-refractivity contribution in [2.24, 2.45) is 5.92 Å². The minimum Gasteiger partial charge on any atom is -0.341 e. The number of piperidine rings is 1. The van der Waals surface area contributed by atoms with Crippen molar-refractivity contribution in [3.05, 3.63) is 46.8 Å². The molecule has 2 aromatic rings. The fourth-order valence-corrected chi connectivity index (χ4v) is 3.42. The summed E-state index contributed by atoms with van der Waals surface area (Å²) in [5, 5.41) is 2.96. The normalized spacial score (nSPS) is 17.4. The van der Waals surface area contributed by atoms with Crippen LogP contribution in [0.3, 0.4) is 0 Å². The van der Waals surface area contributed by atoms with Gasteiger partial charge in [-0.05, 0) is 68.9 Å². The number of rotatable bonds is 3. The molecule has 1 amide bonds. The summed E-state index contributed by atoms with van der Waals surface area (Å²) in [6.07, 6.45) is 2.38. The number of carbonyl (C=O) groups is 1. The Labute approximate surface area is 149 Å². The number of anilines is 2. The second-order valence-corrected chi connectivity index (χ2v) is 7.22. The van der Waals surface area contributed by atoms with Crippen LogP contribution in [0.1, 0.15) is 47.1 Å². The van der Waals surface area contributed by atoms with Gasteiger partial charge in [0.15, 0.2) is 0 Å². The number of nitrogens with zero attached hydrogens (tertiary/aromatic N) is 3. The van der Waals surface area contributed by atoms with Crippen LogP contribution in [0.15, 0.2) is 24.3 Å². The largest absolute Gasteiger partial charge is 0.341 e. The van der Waals surface area contributed by atoms with Gasteiger partial charge in [0.05, 0.1) is 0 Å². The molecule has 0 saturated carbocycles. The molecular formula is C20H26N4O. The van der Waals surface area contributed by atoms with Crippen LogP contribution in [-0.2, 0) is 0 Å². The molecule has 1 aliphatic rings. The lowest BCUT2D eigenvalue weighted by molar-refractivity contribution is 0.102. The molecule has 25 heavy (non-hydrogen) atoms. The zero-order chi connectivity index (χ0) is 18.0. The predicted octanol–water partition coefficient (Wildman–Crippen LogP) is 3.89. The zero-order valence-corrected chi connectivity index (χ0v) is 15.5. The summed E-state index contributed by atoms with van der Waals surface area (Å²) in [6.45, 7) is 10.1. The third kappa shape index (κ3) is 4.35. The third-order valence-electron chi connectivity index (χ3n) is 4.49. The van der Waals surface area contributed by atoms with Crippen molar-refractivity contribution in [1.29, 1.82) is 0 Å². The highest BCUT2D eigenvalue weighted by molar-refractivity contribution is 6.03. The van der Waals surface area contributed by atoms with Gasteiger partial charge in [-0.15, -0.1) is 0 Å².